The van der Waals surface area contributed by atoms with E-state index in [1.54, 1.807) is 0 Å². The van der Waals surface area contributed by atoms with Crippen LogP contribution in [0.4, 0.5) is 4.79 Å². The van der Waals surface area contributed by atoms with Crippen molar-refractivity contribution >= 4 is 17.9 Å². The van der Waals surface area contributed by atoms with E-state index in [0.717, 1.165) is 24.0 Å². The molecule has 0 radical (unpaired) electrons. The fourth-order valence-corrected chi connectivity index (χ4v) is 3.97. The summed E-state index contributed by atoms with van der Waals surface area (Å²) in [7, 11) is 0. The largest absolute Gasteiger partial charge is 0.480 e. The zero-order valence-corrected chi connectivity index (χ0v) is 17.0. The SMILES string of the molecule is CC1=CC(C)=C(C(=O)NC(CNC(=O)NCc2ccc3cc2C3)C(=O)O)C(C)C1. The van der Waals surface area contributed by atoms with Gasteiger partial charge in [0.15, 0.2) is 0 Å². The van der Waals surface area contributed by atoms with Crippen molar-refractivity contribution < 1.29 is 19.5 Å². The van der Waals surface area contributed by atoms with Gasteiger partial charge in [0.05, 0.1) is 6.54 Å². The van der Waals surface area contributed by atoms with E-state index >= 15 is 0 Å². The van der Waals surface area contributed by atoms with Gasteiger partial charge in [-0.15, -0.1) is 0 Å². The number of carboxylic acid groups (broad SMARTS) is 1. The Hall–Kier alpha value is -3.09. The highest BCUT2D eigenvalue weighted by molar-refractivity contribution is 5.97. The molecule has 1 aromatic carbocycles. The predicted octanol–water partition coefficient (Wildman–Crippen LogP) is 2.26. The summed E-state index contributed by atoms with van der Waals surface area (Å²) >= 11 is 0. The first-order valence-electron chi connectivity index (χ1n) is 9.78. The van der Waals surface area contributed by atoms with Crippen molar-refractivity contribution in [2.24, 2.45) is 5.92 Å². The Labute approximate surface area is 170 Å². The van der Waals surface area contributed by atoms with Crippen LogP contribution in [0.5, 0.6) is 0 Å². The molecule has 4 rings (SSSR count). The summed E-state index contributed by atoms with van der Waals surface area (Å²) in [6, 6.07) is 4.41. The van der Waals surface area contributed by atoms with Gasteiger partial charge in [-0.25, -0.2) is 9.59 Å². The van der Waals surface area contributed by atoms with Crippen LogP contribution in [0.2, 0.25) is 0 Å². The maximum Gasteiger partial charge on any atom is 0.328 e. The molecule has 7 heteroatoms. The van der Waals surface area contributed by atoms with Gasteiger partial charge in [-0.05, 0) is 54.9 Å². The second-order valence-corrected chi connectivity index (χ2v) is 7.90. The number of carbonyl (C=O) groups is 3. The molecule has 0 saturated heterocycles. The number of carbonyl (C=O) groups excluding carboxylic acids is 2. The van der Waals surface area contributed by atoms with Gasteiger partial charge in [0.2, 0.25) is 5.91 Å². The fourth-order valence-electron chi connectivity index (χ4n) is 3.97. The number of carboxylic acids is 1. The fraction of sp³-hybridized carbons (Fsp3) is 0.409. The smallest absolute Gasteiger partial charge is 0.328 e. The molecule has 0 aliphatic heterocycles. The molecule has 2 bridgehead atoms. The number of aliphatic carboxylic acids is 1. The molecular formula is C22H27N3O4. The van der Waals surface area contributed by atoms with E-state index in [9.17, 15) is 19.5 Å². The van der Waals surface area contributed by atoms with Crippen LogP contribution in [0.3, 0.4) is 0 Å². The molecular weight excluding hydrogens is 370 g/mol. The Kier molecular flexibility index (Phi) is 6.06. The van der Waals surface area contributed by atoms with Crippen LogP contribution >= 0.6 is 0 Å². The minimum absolute atomic E-state index is 0.0184. The van der Waals surface area contributed by atoms with E-state index < -0.39 is 23.9 Å². The summed E-state index contributed by atoms with van der Waals surface area (Å²) < 4.78 is 0. The van der Waals surface area contributed by atoms with Gasteiger partial charge >= 0.3 is 12.0 Å². The molecule has 0 aromatic heterocycles. The highest BCUT2D eigenvalue weighted by atomic mass is 16.4. The van der Waals surface area contributed by atoms with Crippen molar-refractivity contribution in [2.75, 3.05) is 6.54 Å². The molecule has 1 aromatic rings. The summed E-state index contributed by atoms with van der Waals surface area (Å²) in [5.41, 5.74) is 6.19. The van der Waals surface area contributed by atoms with Crippen molar-refractivity contribution in [3.05, 3.63) is 57.7 Å². The lowest BCUT2D eigenvalue weighted by Crippen LogP contribution is -2.51. The number of fused-ring (bicyclic) bond motifs is 2. The molecule has 3 aliphatic carbocycles. The third-order valence-corrected chi connectivity index (χ3v) is 5.43. The molecule has 3 amide bonds. The number of urea groups is 1. The van der Waals surface area contributed by atoms with E-state index in [1.165, 1.54) is 16.7 Å². The summed E-state index contributed by atoms with van der Waals surface area (Å²) in [5.74, 6) is -1.58. The number of nitrogens with one attached hydrogen (secondary N) is 3. The highest BCUT2D eigenvalue weighted by Gasteiger charge is 2.27. The number of benzene rings is 1. The van der Waals surface area contributed by atoms with Crippen molar-refractivity contribution in [3.8, 4) is 0 Å². The van der Waals surface area contributed by atoms with Crippen molar-refractivity contribution in [3.63, 3.8) is 0 Å². The van der Waals surface area contributed by atoms with E-state index in [2.05, 4.69) is 22.0 Å². The first-order valence-corrected chi connectivity index (χ1v) is 9.78. The van der Waals surface area contributed by atoms with Crippen LogP contribution in [0.25, 0.3) is 0 Å². The molecule has 0 spiro atoms. The van der Waals surface area contributed by atoms with Gasteiger partial charge in [-0.1, -0.05) is 36.8 Å². The number of allylic oxidation sites excluding steroid dienone is 3. The highest BCUT2D eigenvalue weighted by Crippen LogP contribution is 2.29. The minimum Gasteiger partial charge on any atom is -0.480 e. The molecule has 2 atom stereocenters. The Bertz CT molecular complexity index is 913. The second kappa shape index (κ2) is 8.51. The Balaban J connectivity index is 1.53. The van der Waals surface area contributed by atoms with Crippen molar-refractivity contribution in [1.29, 1.82) is 0 Å². The maximum atomic E-state index is 12.6. The van der Waals surface area contributed by atoms with E-state index in [0.29, 0.717) is 12.1 Å². The minimum atomic E-state index is -1.21. The Morgan fingerprint density at radius 2 is 1.93 bits per heavy atom. The average Bonchev–Trinajstić information content (AvgIpc) is 2.61. The monoisotopic (exact) mass is 397 g/mol. The van der Waals surface area contributed by atoms with Crippen LogP contribution in [-0.2, 0) is 22.6 Å². The van der Waals surface area contributed by atoms with Crippen LogP contribution < -0.4 is 16.0 Å². The zero-order valence-electron chi connectivity index (χ0n) is 17.0. The molecule has 7 nitrogen and oxygen atoms in total. The summed E-state index contributed by atoms with van der Waals surface area (Å²) in [5, 5.41) is 17.2. The Morgan fingerprint density at radius 1 is 1.21 bits per heavy atom. The van der Waals surface area contributed by atoms with Crippen LogP contribution in [0, 0.1) is 5.92 Å². The van der Waals surface area contributed by atoms with Gasteiger partial charge in [-0.3, -0.25) is 4.79 Å². The lowest BCUT2D eigenvalue weighted by molar-refractivity contribution is -0.141. The standard InChI is InChI=1S/C22H27N3O4/c1-12-6-13(2)19(14(3)7-12)20(26)25-18(21(27)28)11-24-22(29)23-10-16-5-4-15-8-17(16)9-15/h4-6,8,14,18H,7,9-11H2,1-3H3,(H,25,26)(H,27,28)(H2,23,24,29). The molecule has 2 unspecified atom stereocenters. The number of hydrogen-bond acceptors (Lipinski definition) is 3. The lowest BCUT2D eigenvalue weighted by atomic mass is 9.84. The lowest BCUT2D eigenvalue weighted by Gasteiger charge is -2.24. The van der Waals surface area contributed by atoms with Crippen molar-refractivity contribution in [1.82, 2.24) is 16.0 Å². The van der Waals surface area contributed by atoms with Gasteiger partial charge in [-0.2, -0.15) is 0 Å². The van der Waals surface area contributed by atoms with E-state index in [1.807, 2.05) is 39.0 Å². The molecule has 154 valence electrons. The van der Waals surface area contributed by atoms with Crippen LogP contribution in [0.1, 0.15) is 43.9 Å². The van der Waals surface area contributed by atoms with Gasteiger partial charge in [0.1, 0.15) is 6.04 Å². The van der Waals surface area contributed by atoms with Crippen LogP contribution in [-0.4, -0.2) is 35.6 Å². The predicted molar refractivity (Wildman–Crippen MR) is 109 cm³/mol. The summed E-state index contributed by atoms with van der Waals surface area (Å²) in [4.78, 5) is 36.3. The third-order valence-electron chi connectivity index (χ3n) is 5.43. The Morgan fingerprint density at radius 3 is 2.52 bits per heavy atom. The van der Waals surface area contributed by atoms with Gasteiger partial charge in [0, 0.05) is 12.1 Å². The first-order chi connectivity index (χ1) is 13.7. The van der Waals surface area contributed by atoms with Crippen LogP contribution in [0.15, 0.2) is 41.0 Å². The van der Waals surface area contributed by atoms with E-state index in [4.69, 9.17) is 0 Å². The molecule has 0 heterocycles. The topological polar surface area (TPSA) is 108 Å². The zero-order chi connectivity index (χ0) is 21.1. The van der Waals surface area contributed by atoms with E-state index in [-0.39, 0.29) is 12.5 Å². The van der Waals surface area contributed by atoms with Crippen molar-refractivity contribution in [2.45, 2.75) is 46.2 Å². The maximum absolute atomic E-state index is 12.6. The molecule has 3 aliphatic rings. The molecule has 29 heavy (non-hydrogen) atoms. The summed E-state index contributed by atoms with van der Waals surface area (Å²) in [6.07, 6.45) is 3.65. The number of amides is 3. The second-order valence-electron chi connectivity index (χ2n) is 7.90. The summed E-state index contributed by atoms with van der Waals surface area (Å²) in [6.45, 7) is 5.99. The molecule has 0 fully saturated rings. The third kappa shape index (κ3) is 4.85. The number of hydrogen-bond donors (Lipinski definition) is 4. The van der Waals surface area contributed by atoms with Gasteiger partial charge < -0.3 is 21.1 Å². The first kappa shape index (κ1) is 20.6. The van der Waals surface area contributed by atoms with Gasteiger partial charge in [0.25, 0.3) is 0 Å². The average molecular weight is 397 g/mol. The quantitative estimate of drug-likeness (QED) is 0.575. The number of rotatable bonds is 7. The molecule has 0 saturated carbocycles. The molecule has 4 N–H and O–H groups in total. The normalized spacial score (nSPS) is 18.3.